The molecule has 5 aromatic carbocycles. The summed E-state index contributed by atoms with van der Waals surface area (Å²) in [6.45, 7) is 0. The molecule has 1 nitrogen and oxygen atoms in total. The van der Waals surface area contributed by atoms with E-state index in [4.69, 9.17) is 4.42 Å². The van der Waals surface area contributed by atoms with Gasteiger partial charge in [0.1, 0.15) is 11.2 Å². The van der Waals surface area contributed by atoms with Crippen LogP contribution in [0, 0.1) is 0 Å². The molecule has 31 heavy (non-hydrogen) atoms. The molecule has 1 aromatic heterocycles. The second-order valence-electron chi connectivity index (χ2n) is 7.81. The molecule has 0 aliphatic rings. The molecule has 0 bridgehead atoms. The van der Waals surface area contributed by atoms with Crippen LogP contribution < -0.4 is 0 Å². The maximum Gasteiger partial charge on any atom is 0.143 e. The van der Waals surface area contributed by atoms with Crippen LogP contribution in [0.2, 0.25) is 0 Å². The molecule has 0 saturated carbocycles. The van der Waals surface area contributed by atoms with Gasteiger partial charge in [-0.3, -0.25) is 0 Å². The molecule has 0 amide bonds. The molecule has 0 atom stereocenters. The summed E-state index contributed by atoms with van der Waals surface area (Å²) in [5.41, 5.74) is 8.93. The van der Waals surface area contributed by atoms with Crippen molar-refractivity contribution in [2.24, 2.45) is 0 Å². The third kappa shape index (κ3) is 3.12. The smallest absolute Gasteiger partial charge is 0.143 e. The maximum atomic E-state index is 6.42. The molecule has 0 spiro atoms. The molecule has 6 rings (SSSR count). The first-order valence-electron chi connectivity index (χ1n) is 10.5. The normalized spacial score (nSPS) is 11.2. The fraction of sp³-hybridized carbons (Fsp3) is 0. The number of rotatable bonds is 3. The molecule has 1 heteroatoms. The third-order valence-corrected chi connectivity index (χ3v) is 5.87. The summed E-state index contributed by atoms with van der Waals surface area (Å²) in [7, 11) is 0. The molecule has 0 aliphatic heterocycles. The van der Waals surface area contributed by atoms with Crippen molar-refractivity contribution in [3.8, 4) is 33.4 Å². The zero-order valence-corrected chi connectivity index (χ0v) is 17.0. The van der Waals surface area contributed by atoms with E-state index >= 15 is 0 Å². The number of hydrogen-bond donors (Lipinski definition) is 0. The summed E-state index contributed by atoms with van der Waals surface area (Å²) in [5, 5.41) is 2.29. The van der Waals surface area contributed by atoms with Crippen molar-refractivity contribution in [1.82, 2.24) is 0 Å². The second kappa shape index (κ2) is 7.30. The zero-order chi connectivity index (χ0) is 20.6. The first kappa shape index (κ1) is 17.7. The van der Waals surface area contributed by atoms with Gasteiger partial charge in [0.05, 0.1) is 0 Å². The van der Waals surface area contributed by atoms with Crippen molar-refractivity contribution in [1.29, 1.82) is 0 Å². The van der Waals surface area contributed by atoms with Crippen LogP contribution in [0.15, 0.2) is 126 Å². The summed E-state index contributed by atoms with van der Waals surface area (Å²) >= 11 is 0. The molecule has 0 radical (unpaired) electrons. The van der Waals surface area contributed by atoms with E-state index in [9.17, 15) is 0 Å². The average Bonchev–Trinajstić information content (AvgIpc) is 3.23. The minimum atomic E-state index is 0.914. The van der Waals surface area contributed by atoms with Crippen molar-refractivity contribution in [3.63, 3.8) is 0 Å². The van der Waals surface area contributed by atoms with Crippen molar-refractivity contribution < 1.29 is 4.42 Å². The molecular weight excluding hydrogens is 376 g/mol. The Labute approximate surface area is 181 Å². The fourth-order valence-corrected chi connectivity index (χ4v) is 4.32. The first-order chi connectivity index (χ1) is 15.4. The topological polar surface area (TPSA) is 13.1 Å². The van der Waals surface area contributed by atoms with Crippen LogP contribution in [0.3, 0.4) is 0 Å². The molecule has 146 valence electrons. The Hall–Kier alpha value is -4.10. The maximum absolute atomic E-state index is 6.42. The van der Waals surface area contributed by atoms with Gasteiger partial charge < -0.3 is 4.42 Å². The predicted molar refractivity (Wildman–Crippen MR) is 130 cm³/mol. The Balaban J connectivity index is 1.67. The van der Waals surface area contributed by atoms with E-state index in [1.54, 1.807) is 0 Å². The van der Waals surface area contributed by atoms with Gasteiger partial charge in [-0.25, -0.2) is 0 Å². The van der Waals surface area contributed by atoms with Crippen LogP contribution in [0.25, 0.3) is 55.3 Å². The standard InChI is InChI=1S/C30H20O/c1-4-10-21(11-5-1)24-16-17-29-27(18-24)28-20-25(22-12-6-2-7-13-22)19-26(30(28)31-29)23-14-8-3-9-15-23/h1-20H. The number of fused-ring (bicyclic) bond motifs is 3. The van der Waals surface area contributed by atoms with Gasteiger partial charge in [0.2, 0.25) is 0 Å². The molecule has 0 unspecified atom stereocenters. The van der Waals surface area contributed by atoms with Gasteiger partial charge in [-0.1, -0.05) is 97.1 Å². The molecule has 0 N–H and O–H groups in total. The van der Waals surface area contributed by atoms with Gasteiger partial charge in [0.15, 0.2) is 0 Å². The van der Waals surface area contributed by atoms with Gasteiger partial charge in [-0.05, 0) is 52.1 Å². The van der Waals surface area contributed by atoms with Gasteiger partial charge in [0, 0.05) is 16.3 Å². The highest BCUT2D eigenvalue weighted by atomic mass is 16.3. The number of hydrogen-bond acceptors (Lipinski definition) is 1. The van der Waals surface area contributed by atoms with E-state index in [2.05, 4.69) is 109 Å². The van der Waals surface area contributed by atoms with Crippen LogP contribution in [0.1, 0.15) is 0 Å². The number of benzene rings is 5. The van der Waals surface area contributed by atoms with Crippen LogP contribution in [0.5, 0.6) is 0 Å². The van der Waals surface area contributed by atoms with Crippen molar-refractivity contribution in [3.05, 3.63) is 121 Å². The Morgan fingerprint density at radius 3 is 1.58 bits per heavy atom. The monoisotopic (exact) mass is 396 g/mol. The van der Waals surface area contributed by atoms with E-state index in [0.29, 0.717) is 0 Å². The van der Waals surface area contributed by atoms with E-state index in [1.165, 1.54) is 22.3 Å². The van der Waals surface area contributed by atoms with Crippen molar-refractivity contribution in [2.75, 3.05) is 0 Å². The van der Waals surface area contributed by atoms with Gasteiger partial charge in [-0.2, -0.15) is 0 Å². The van der Waals surface area contributed by atoms with Crippen LogP contribution >= 0.6 is 0 Å². The highest BCUT2D eigenvalue weighted by Gasteiger charge is 2.15. The molecule has 0 aliphatic carbocycles. The highest BCUT2D eigenvalue weighted by Crippen LogP contribution is 2.40. The lowest BCUT2D eigenvalue weighted by atomic mass is 9.95. The van der Waals surface area contributed by atoms with Gasteiger partial charge in [0.25, 0.3) is 0 Å². The summed E-state index contributed by atoms with van der Waals surface area (Å²) in [4.78, 5) is 0. The first-order valence-corrected chi connectivity index (χ1v) is 10.5. The number of furan rings is 1. The van der Waals surface area contributed by atoms with Crippen molar-refractivity contribution in [2.45, 2.75) is 0 Å². The lowest BCUT2D eigenvalue weighted by Gasteiger charge is -2.08. The molecular formula is C30H20O. The van der Waals surface area contributed by atoms with Crippen LogP contribution in [0.4, 0.5) is 0 Å². The third-order valence-electron chi connectivity index (χ3n) is 5.87. The second-order valence-corrected chi connectivity index (χ2v) is 7.81. The fourth-order valence-electron chi connectivity index (χ4n) is 4.32. The van der Waals surface area contributed by atoms with Gasteiger partial charge in [-0.15, -0.1) is 0 Å². The van der Waals surface area contributed by atoms with E-state index in [1.807, 2.05) is 12.1 Å². The Morgan fingerprint density at radius 2 is 0.935 bits per heavy atom. The summed E-state index contributed by atoms with van der Waals surface area (Å²) in [5.74, 6) is 0. The molecule has 0 saturated heterocycles. The summed E-state index contributed by atoms with van der Waals surface area (Å²) in [6.07, 6.45) is 0. The minimum Gasteiger partial charge on any atom is -0.455 e. The van der Waals surface area contributed by atoms with Crippen LogP contribution in [-0.4, -0.2) is 0 Å². The quantitative estimate of drug-likeness (QED) is 0.292. The summed E-state index contributed by atoms with van der Waals surface area (Å²) in [6, 6.07) is 42.5. The molecule has 1 heterocycles. The minimum absolute atomic E-state index is 0.914. The largest absolute Gasteiger partial charge is 0.455 e. The lowest BCUT2D eigenvalue weighted by Crippen LogP contribution is -1.83. The zero-order valence-electron chi connectivity index (χ0n) is 17.0. The summed E-state index contributed by atoms with van der Waals surface area (Å²) < 4.78 is 6.42. The van der Waals surface area contributed by atoms with Crippen molar-refractivity contribution >= 4 is 21.9 Å². The SMILES string of the molecule is c1ccc(-c2ccc3oc4c(-c5ccccc5)cc(-c5ccccc5)cc4c3c2)cc1. The highest BCUT2D eigenvalue weighted by molar-refractivity contribution is 6.12. The Kier molecular flexibility index (Phi) is 4.18. The average molecular weight is 396 g/mol. The van der Waals surface area contributed by atoms with E-state index in [-0.39, 0.29) is 0 Å². The van der Waals surface area contributed by atoms with Gasteiger partial charge >= 0.3 is 0 Å². The molecule has 6 aromatic rings. The lowest BCUT2D eigenvalue weighted by molar-refractivity contribution is 0.670. The Bertz CT molecular complexity index is 1490. The predicted octanol–water partition coefficient (Wildman–Crippen LogP) is 8.59. The van der Waals surface area contributed by atoms with E-state index in [0.717, 1.165) is 33.1 Å². The van der Waals surface area contributed by atoms with E-state index < -0.39 is 0 Å². The Morgan fingerprint density at radius 1 is 0.387 bits per heavy atom. The molecule has 0 fully saturated rings. The van der Waals surface area contributed by atoms with Crippen LogP contribution in [-0.2, 0) is 0 Å².